The molecule has 2 heterocycles. The number of ketones is 1. The van der Waals surface area contributed by atoms with Gasteiger partial charge in [0.2, 0.25) is 0 Å². The van der Waals surface area contributed by atoms with Crippen LogP contribution in [0.4, 0.5) is 4.79 Å². The highest BCUT2D eigenvalue weighted by atomic mass is 32.2. The molecule has 0 spiro atoms. The van der Waals surface area contributed by atoms with Gasteiger partial charge < -0.3 is 14.7 Å². The van der Waals surface area contributed by atoms with Crippen LogP contribution in [-0.4, -0.2) is 39.5 Å². The highest BCUT2D eigenvalue weighted by Gasteiger charge is 2.27. The summed E-state index contributed by atoms with van der Waals surface area (Å²) >= 11 is 0.772. The molecule has 0 aromatic heterocycles. The summed E-state index contributed by atoms with van der Waals surface area (Å²) in [5.74, 6) is -1.36. The van der Waals surface area contributed by atoms with E-state index in [9.17, 15) is 19.2 Å². The molecule has 0 bridgehead atoms. The Bertz CT molecular complexity index is 834. The Hall–Kier alpha value is -3.07. The number of amides is 2. The van der Waals surface area contributed by atoms with Crippen molar-refractivity contribution >= 4 is 34.7 Å². The highest BCUT2D eigenvalue weighted by Crippen LogP contribution is 2.31. The van der Waals surface area contributed by atoms with Gasteiger partial charge in [-0.3, -0.25) is 24.5 Å². The van der Waals surface area contributed by atoms with Crippen molar-refractivity contribution in [3.63, 3.8) is 0 Å². The fourth-order valence-corrected chi connectivity index (χ4v) is 3.03. The van der Waals surface area contributed by atoms with E-state index >= 15 is 0 Å². The Morgan fingerprint density at radius 3 is 2.84 bits per heavy atom. The Morgan fingerprint density at radius 1 is 1.36 bits per heavy atom. The molecule has 128 valence electrons. The van der Waals surface area contributed by atoms with Gasteiger partial charge in [-0.2, -0.15) is 0 Å². The highest BCUT2D eigenvalue weighted by molar-refractivity contribution is 8.18. The minimum Gasteiger partial charge on any atom is -0.480 e. The Morgan fingerprint density at radius 2 is 2.16 bits per heavy atom. The smallest absolute Gasteiger partial charge is 0.323 e. The second kappa shape index (κ2) is 6.81. The fraction of sp³-hybridized carbons (Fsp3) is 0.125. The van der Waals surface area contributed by atoms with Gasteiger partial charge in [-0.1, -0.05) is 6.08 Å². The lowest BCUT2D eigenvalue weighted by Crippen LogP contribution is -2.23. The minimum atomic E-state index is -1.02. The lowest BCUT2D eigenvalue weighted by Gasteiger charge is -2.23. The molecule has 0 aromatic carbocycles. The Kier molecular flexibility index (Phi) is 4.57. The van der Waals surface area contributed by atoms with Gasteiger partial charge in [0.1, 0.15) is 18.6 Å². The van der Waals surface area contributed by atoms with Gasteiger partial charge in [0.15, 0.2) is 5.78 Å². The Labute approximate surface area is 146 Å². The second-order valence-electron chi connectivity index (χ2n) is 5.22. The molecule has 0 aromatic rings. The maximum Gasteiger partial charge on any atom is 0.323 e. The van der Waals surface area contributed by atoms with E-state index in [0.717, 1.165) is 11.8 Å². The number of thioether (sulfide) groups is 1. The molecule has 0 saturated carbocycles. The molecule has 3 rings (SSSR count). The minimum absolute atomic E-state index is 0.0381. The molecule has 3 aliphatic rings. The van der Waals surface area contributed by atoms with Crippen molar-refractivity contribution in [1.82, 2.24) is 10.2 Å². The molecular weight excluding hydrogens is 348 g/mol. The van der Waals surface area contributed by atoms with Crippen LogP contribution in [0.25, 0.3) is 0 Å². The zero-order chi connectivity index (χ0) is 18.0. The summed E-state index contributed by atoms with van der Waals surface area (Å²) in [6.45, 7) is -0.260. The van der Waals surface area contributed by atoms with Crippen molar-refractivity contribution in [3.8, 4) is 0 Å². The third-order valence-corrected chi connectivity index (χ3v) is 4.23. The van der Waals surface area contributed by atoms with E-state index in [-0.39, 0.29) is 23.7 Å². The van der Waals surface area contributed by atoms with Crippen LogP contribution in [0.3, 0.4) is 0 Å². The van der Waals surface area contributed by atoms with Crippen LogP contribution < -0.4 is 5.32 Å². The van der Waals surface area contributed by atoms with E-state index in [4.69, 9.17) is 9.84 Å². The van der Waals surface area contributed by atoms with Crippen LogP contribution in [-0.2, 0) is 19.1 Å². The van der Waals surface area contributed by atoms with Gasteiger partial charge in [0, 0.05) is 24.4 Å². The normalized spacial score (nSPS) is 21.6. The van der Waals surface area contributed by atoms with E-state index in [0.29, 0.717) is 16.9 Å². The fourth-order valence-electron chi connectivity index (χ4n) is 2.35. The lowest BCUT2D eigenvalue weighted by atomic mass is 9.94. The molecule has 2 amide bonds. The zero-order valence-corrected chi connectivity index (χ0v) is 13.5. The van der Waals surface area contributed by atoms with Crippen molar-refractivity contribution in [2.45, 2.75) is 6.42 Å². The summed E-state index contributed by atoms with van der Waals surface area (Å²) in [7, 11) is 0. The second-order valence-corrected chi connectivity index (χ2v) is 6.24. The molecule has 25 heavy (non-hydrogen) atoms. The zero-order valence-electron chi connectivity index (χ0n) is 12.7. The number of imide groups is 1. The first-order chi connectivity index (χ1) is 11.9. The molecule has 1 aliphatic carbocycles. The van der Waals surface area contributed by atoms with Crippen LogP contribution >= 0.6 is 11.8 Å². The third-order valence-electron chi connectivity index (χ3n) is 3.42. The number of hydrogen-bond donors (Lipinski definition) is 2. The van der Waals surface area contributed by atoms with Crippen molar-refractivity contribution in [2.75, 3.05) is 6.54 Å². The van der Waals surface area contributed by atoms with Crippen LogP contribution in [0.1, 0.15) is 6.42 Å². The van der Waals surface area contributed by atoms with Gasteiger partial charge in [0.25, 0.3) is 11.1 Å². The molecular formula is C16H12N2O6S. The first kappa shape index (κ1) is 16.8. The molecule has 8 nitrogen and oxygen atoms in total. The summed E-state index contributed by atoms with van der Waals surface area (Å²) in [5.41, 5.74) is 1.05. The maximum atomic E-state index is 11.8. The van der Waals surface area contributed by atoms with E-state index in [2.05, 4.69) is 5.32 Å². The maximum absolute atomic E-state index is 11.8. The van der Waals surface area contributed by atoms with Gasteiger partial charge in [-0.05, 0) is 29.5 Å². The molecule has 0 unspecified atom stereocenters. The summed E-state index contributed by atoms with van der Waals surface area (Å²) in [4.78, 5) is 47.3. The number of carbonyl (C=O) groups is 4. The average Bonchev–Trinajstić information content (AvgIpc) is 2.86. The number of carboxylic acid groups (broad SMARTS) is 1. The predicted octanol–water partition coefficient (Wildman–Crippen LogP) is 1.41. The van der Waals surface area contributed by atoms with Crippen LogP contribution in [0, 0.1) is 0 Å². The van der Waals surface area contributed by atoms with Gasteiger partial charge >= 0.3 is 5.97 Å². The molecule has 2 aliphatic heterocycles. The molecule has 1 fully saturated rings. The Balaban J connectivity index is 1.97. The number of ether oxygens (including phenoxy) is 1. The molecule has 2 N–H and O–H groups in total. The van der Waals surface area contributed by atoms with Crippen molar-refractivity contribution in [2.24, 2.45) is 0 Å². The van der Waals surface area contributed by atoms with Crippen LogP contribution in [0.5, 0.6) is 0 Å². The third kappa shape index (κ3) is 3.89. The number of carbonyl (C=O) groups excluding carboxylic acids is 3. The molecule has 0 radical (unpaired) electrons. The predicted molar refractivity (Wildman–Crippen MR) is 87.7 cm³/mol. The first-order valence-electron chi connectivity index (χ1n) is 7.14. The molecule has 1 saturated heterocycles. The van der Waals surface area contributed by atoms with Crippen molar-refractivity contribution < 1.29 is 29.0 Å². The number of aliphatic carboxylic acids is 1. The number of allylic oxidation sites excluding steroid dienone is 5. The van der Waals surface area contributed by atoms with E-state index < -0.39 is 17.1 Å². The average molecular weight is 360 g/mol. The van der Waals surface area contributed by atoms with E-state index in [1.54, 1.807) is 0 Å². The number of carboxylic acids is 1. The summed E-state index contributed by atoms with van der Waals surface area (Å²) in [6.07, 6.45) is 8.71. The quantitative estimate of drug-likeness (QED) is 0.724. The standard InChI is InChI=1S/C16H12N2O6S/c19-10-2-1-9(5-13-15(22)17-16(23)25-13)11(6-10)12-7-18(3-4-24-12)8-14(20)21/h1-5,7H,6,8H2,(H,20,21)(H,17,22,23). The number of nitrogens with one attached hydrogen (secondary N) is 1. The molecule has 9 heteroatoms. The van der Waals surface area contributed by atoms with Crippen molar-refractivity contribution in [3.05, 3.63) is 58.7 Å². The first-order valence-corrected chi connectivity index (χ1v) is 7.96. The van der Waals surface area contributed by atoms with Gasteiger partial charge in [0.05, 0.1) is 4.91 Å². The largest absolute Gasteiger partial charge is 0.480 e. The van der Waals surface area contributed by atoms with Crippen LogP contribution in [0.15, 0.2) is 58.7 Å². The number of hydrogen-bond acceptors (Lipinski definition) is 7. The van der Waals surface area contributed by atoms with E-state index in [1.165, 1.54) is 41.8 Å². The topological polar surface area (TPSA) is 113 Å². The summed E-state index contributed by atoms with van der Waals surface area (Å²) < 4.78 is 5.42. The lowest BCUT2D eigenvalue weighted by molar-refractivity contribution is -0.137. The number of nitrogens with zero attached hydrogens (tertiary/aromatic N) is 1. The molecule has 0 atom stereocenters. The summed E-state index contributed by atoms with van der Waals surface area (Å²) in [5, 5.41) is 10.6. The monoisotopic (exact) mass is 360 g/mol. The van der Waals surface area contributed by atoms with Crippen LogP contribution in [0.2, 0.25) is 0 Å². The summed E-state index contributed by atoms with van der Waals surface area (Å²) in [6, 6.07) is 0. The van der Waals surface area contributed by atoms with Gasteiger partial charge in [-0.25, -0.2) is 0 Å². The van der Waals surface area contributed by atoms with E-state index in [1.807, 2.05) is 0 Å². The number of rotatable bonds is 4. The SMILES string of the molecule is O=C(O)CN1C=COC(C2=C(C=C3SC(=O)NC3=O)C=CC(=O)C2)=C1. The van der Waals surface area contributed by atoms with Crippen molar-refractivity contribution in [1.29, 1.82) is 0 Å². The van der Waals surface area contributed by atoms with Gasteiger partial charge in [-0.15, -0.1) is 0 Å².